The average molecular weight is 223 g/mol. The molecule has 1 nitrogen and oxygen atoms in total. The SMILES string of the molecule is CNC1CCCCC(c2sccc2C)C1. The summed E-state index contributed by atoms with van der Waals surface area (Å²) in [6.07, 6.45) is 6.88. The van der Waals surface area contributed by atoms with E-state index in [1.165, 1.54) is 37.7 Å². The molecule has 0 amide bonds. The Morgan fingerprint density at radius 2 is 2.13 bits per heavy atom. The van der Waals surface area contributed by atoms with Gasteiger partial charge in [-0.05, 0) is 56.2 Å². The number of rotatable bonds is 2. The van der Waals surface area contributed by atoms with Crippen molar-refractivity contribution >= 4 is 11.3 Å². The summed E-state index contributed by atoms with van der Waals surface area (Å²) in [6, 6.07) is 3.00. The molecule has 0 aliphatic heterocycles. The van der Waals surface area contributed by atoms with Crippen molar-refractivity contribution in [3.63, 3.8) is 0 Å². The highest BCUT2D eigenvalue weighted by molar-refractivity contribution is 7.10. The van der Waals surface area contributed by atoms with Gasteiger partial charge in [-0.2, -0.15) is 0 Å². The smallest absolute Gasteiger partial charge is 0.0106 e. The Bertz CT molecular complexity index is 305. The summed E-state index contributed by atoms with van der Waals surface area (Å²) < 4.78 is 0. The van der Waals surface area contributed by atoms with Crippen molar-refractivity contribution < 1.29 is 0 Å². The molecule has 1 aliphatic carbocycles. The van der Waals surface area contributed by atoms with E-state index >= 15 is 0 Å². The Hall–Kier alpha value is -0.340. The molecule has 1 saturated carbocycles. The molecule has 1 aliphatic rings. The average Bonchev–Trinajstić information content (AvgIpc) is 2.54. The summed E-state index contributed by atoms with van der Waals surface area (Å²) in [4.78, 5) is 1.64. The highest BCUT2D eigenvalue weighted by Gasteiger charge is 2.22. The van der Waals surface area contributed by atoms with Crippen molar-refractivity contribution in [3.05, 3.63) is 21.9 Å². The second kappa shape index (κ2) is 5.13. The fourth-order valence-electron chi connectivity index (χ4n) is 2.66. The van der Waals surface area contributed by atoms with E-state index in [-0.39, 0.29) is 0 Å². The zero-order chi connectivity index (χ0) is 10.7. The third kappa shape index (κ3) is 2.61. The first-order chi connectivity index (χ1) is 7.31. The minimum atomic E-state index is 0.735. The maximum Gasteiger partial charge on any atom is 0.0106 e. The first-order valence-corrected chi connectivity index (χ1v) is 6.90. The van der Waals surface area contributed by atoms with Gasteiger partial charge in [-0.25, -0.2) is 0 Å². The van der Waals surface area contributed by atoms with Crippen molar-refractivity contribution in [2.75, 3.05) is 7.05 Å². The Kier molecular flexibility index (Phi) is 3.81. The molecule has 1 heterocycles. The standard InChI is InChI=1S/C13H21NS/c1-10-7-8-15-13(10)11-5-3-4-6-12(9-11)14-2/h7-8,11-12,14H,3-6,9H2,1-2H3. The molecule has 15 heavy (non-hydrogen) atoms. The minimum Gasteiger partial charge on any atom is -0.317 e. The quantitative estimate of drug-likeness (QED) is 0.754. The molecular formula is C13H21NS. The monoisotopic (exact) mass is 223 g/mol. The zero-order valence-electron chi connectivity index (χ0n) is 9.75. The molecule has 1 N–H and O–H groups in total. The Labute approximate surface area is 96.9 Å². The molecule has 84 valence electrons. The molecule has 0 aromatic carbocycles. The van der Waals surface area contributed by atoms with Crippen LogP contribution in [0.15, 0.2) is 11.4 Å². The lowest BCUT2D eigenvalue weighted by Gasteiger charge is -2.19. The van der Waals surface area contributed by atoms with Crippen LogP contribution in [0.25, 0.3) is 0 Å². The summed E-state index contributed by atoms with van der Waals surface area (Å²) in [7, 11) is 2.11. The molecular weight excluding hydrogens is 202 g/mol. The third-order valence-corrected chi connectivity index (χ3v) is 4.79. The lowest BCUT2D eigenvalue weighted by Crippen LogP contribution is -2.25. The molecule has 2 unspecified atom stereocenters. The molecule has 0 radical (unpaired) electrons. The Morgan fingerprint density at radius 1 is 1.33 bits per heavy atom. The maximum atomic E-state index is 3.46. The van der Waals surface area contributed by atoms with Crippen LogP contribution < -0.4 is 5.32 Å². The first kappa shape index (κ1) is 11.2. The van der Waals surface area contributed by atoms with Gasteiger partial charge in [0.05, 0.1) is 0 Å². The van der Waals surface area contributed by atoms with Gasteiger partial charge in [0.15, 0.2) is 0 Å². The number of hydrogen-bond donors (Lipinski definition) is 1. The molecule has 1 fully saturated rings. The van der Waals surface area contributed by atoms with Crippen LogP contribution >= 0.6 is 11.3 Å². The molecule has 0 saturated heterocycles. The molecule has 1 aromatic rings. The molecule has 1 aromatic heterocycles. The summed E-state index contributed by atoms with van der Waals surface area (Å²) in [6.45, 7) is 2.26. The Balaban J connectivity index is 2.10. The van der Waals surface area contributed by atoms with E-state index < -0.39 is 0 Å². The predicted molar refractivity (Wildman–Crippen MR) is 67.7 cm³/mol. The molecule has 2 atom stereocenters. The van der Waals surface area contributed by atoms with Crippen molar-refractivity contribution in [2.24, 2.45) is 0 Å². The van der Waals surface area contributed by atoms with Gasteiger partial charge in [-0.1, -0.05) is 12.8 Å². The molecule has 2 rings (SSSR count). The van der Waals surface area contributed by atoms with E-state index in [2.05, 4.69) is 30.7 Å². The van der Waals surface area contributed by atoms with E-state index in [9.17, 15) is 0 Å². The van der Waals surface area contributed by atoms with Crippen LogP contribution in [-0.2, 0) is 0 Å². The fourth-order valence-corrected chi connectivity index (χ4v) is 3.74. The van der Waals surface area contributed by atoms with E-state index in [4.69, 9.17) is 0 Å². The van der Waals surface area contributed by atoms with Gasteiger partial charge < -0.3 is 5.32 Å². The van der Waals surface area contributed by atoms with Gasteiger partial charge in [-0.3, -0.25) is 0 Å². The largest absolute Gasteiger partial charge is 0.317 e. The number of thiophene rings is 1. The molecule has 0 bridgehead atoms. The van der Waals surface area contributed by atoms with Crippen LogP contribution in [-0.4, -0.2) is 13.1 Å². The highest BCUT2D eigenvalue weighted by atomic mass is 32.1. The van der Waals surface area contributed by atoms with E-state index in [0.29, 0.717) is 0 Å². The van der Waals surface area contributed by atoms with Gasteiger partial charge in [0.1, 0.15) is 0 Å². The first-order valence-electron chi connectivity index (χ1n) is 6.02. The topological polar surface area (TPSA) is 12.0 Å². The number of nitrogens with one attached hydrogen (secondary N) is 1. The summed E-state index contributed by atoms with van der Waals surface area (Å²) in [5, 5.41) is 5.70. The van der Waals surface area contributed by atoms with Gasteiger partial charge in [-0.15, -0.1) is 11.3 Å². The van der Waals surface area contributed by atoms with E-state index in [1.807, 2.05) is 11.3 Å². The van der Waals surface area contributed by atoms with Crippen molar-refractivity contribution in [3.8, 4) is 0 Å². The maximum absolute atomic E-state index is 3.46. The number of aryl methyl sites for hydroxylation is 1. The minimum absolute atomic E-state index is 0.735. The summed E-state index contributed by atoms with van der Waals surface area (Å²) in [5.41, 5.74) is 1.50. The van der Waals surface area contributed by atoms with Crippen LogP contribution in [0.3, 0.4) is 0 Å². The van der Waals surface area contributed by atoms with Crippen LogP contribution in [0, 0.1) is 6.92 Å². The van der Waals surface area contributed by atoms with Crippen LogP contribution in [0.1, 0.15) is 48.5 Å². The second-order valence-electron chi connectivity index (χ2n) is 4.67. The Morgan fingerprint density at radius 3 is 2.80 bits per heavy atom. The summed E-state index contributed by atoms with van der Waals surface area (Å²) >= 11 is 1.95. The molecule has 0 spiro atoms. The van der Waals surface area contributed by atoms with Crippen molar-refractivity contribution in [1.82, 2.24) is 5.32 Å². The van der Waals surface area contributed by atoms with Crippen LogP contribution in [0.4, 0.5) is 0 Å². The third-order valence-electron chi connectivity index (χ3n) is 3.60. The highest BCUT2D eigenvalue weighted by Crippen LogP contribution is 2.36. The summed E-state index contributed by atoms with van der Waals surface area (Å²) in [5.74, 6) is 0.810. The number of hydrogen-bond acceptors (Lipinski definition) is 2. The van der Waals surface area contributed by atoms with Crippen LogP contribution in [0.5, 0.6) is 0 Å². The predicted octanol–water partition coefficient (Wildman–Crippen LogP) is 3.69. The van der Waals surface area contributed by atoms with Gasteiger partial charge in [0.25, 0.3) is 0 Å². The van der Waals surface area contributed by atoms with Gasteiger partial charge in [0.2, 0.25) is 0 Å². The normalized spacial score (nSPS) is 27.6. The zero-order valence-corrected chi connectivity index (χ0v) is 10.6. The van der Waals surface area contributed by atoms with Crippen LogP contribution in [0.2, 0.25) is 0 Å². The van der Waals surface area contributed by atoms with E-state index in [1.54, 1.807) is 4.88 Å². The van der Waals surface area contributed by atoms with Crippen molar-refractivity contribution in [1.29, 1.82) is 0 Å². The van der Waals surface area contributed by atoms with Gasteiger partial charge in [0, 0.05) is 10.9 Å². The lowest BCUT2D eigenvalue weighted by atomic mass is 9.94. The molecule has 2 heteroatoms. The lowest BCUT2D eigenvalue weighted by molar-refractivity contribution is 0.473. The van der Waals surface area contributed by atoms with Crippen molar-refractivity contribution in [2.45, 2.75) is 51.0 Å². The second-order valence-corrected chi connectivity index (χ2v) is 5.62. The fraction of sp³-hybridized carbons (Fsp3) is 0.692. The van der Waals surface area contributed by atoms with Gasteiger partial charge >= 0.3 is 0 Å². The van der Waals surface area contributed by atoms with E-state index in [0.717, 1.165) is 12.0 Å².